The van der Waals surface area contributed by atoms with Gasteiger partial charge in [-0.25, -0.2) is 0 Å². The van der Waals surface area contributed by atoms with Gasteiger partial charge in [-0.3, -0.25) is 4.99 Å². The van der Waals surface area contributed by atoms with Crippen molar-refractivity contribution in [1.82, 2.24) is 10.2 Å². The summed E-state index contributed by atoms with van der Waals surface area (Å²) in [5.41, 5.74) is 2.79. The van der Waals surface area contributed by atoms with Gasteiger partial charge in [0.2, 0.25) is 0 Å². The Kier molecular flexibility index (Phi) is 3.62. The van der Waals surface area contributed by atoms with Gasteiger partial charge in [0.15, 0.2) is 0 Å². The third-order valence-electron chi connectivity index (χ3n) is 4.65. The van der Waals surface area contributed by atoms with Crippen LogP contribution in [0.1, 0.15) is 31.7 Å². The van der Waals surface area contributed by atoms with Gasteiger partial charge in [0.05, 0.1) is 6.17 Å². The summed E-state index contributed by atoms with van der Waals surface area (Å²) in [7, 11) is 3.92. The second-order valence-corrected chi connectivity index (χ2v) is 5.82. The number of nitrogens with zero attached hydrogens (tertiary/aromatic N) is 3. The number of hydrogen-bond donors (Lipinski definition) is 1. The molecule has 0 bridgehead atoms. The largest absolute Gasteiger partial charge is 0.352 e. The van der Waals surface area contributed by atoms with Crippen LogP contribution < -0.4 is 10.2 Å². The number of aliphatic imine (C=N–C) groups is 1. The number of amidine groups is 1. The van der Waals surface area contributed by atoms with Gasteiger partial charge in [0.1, 0.15) is 11.7 Å². The predicted octanol–water partition coefficient (Wildman–Crippen LogP) is 2.75. The third kappa shape index (κ3) is 2.28. The number of hydrogen-bond acceptors (Lipinski definition) is 3. The third-order valence-corrected chi connectivity index (χ3v) is 4.65. The monoisotopic (exact) mass is 284 g/mol. The lowest BCUT2D eigenvalue weighted by atomic mass is 9.99. The number of nitrogens with one attached hydrogen (secondary N) is 1. The summed E-state index contributed by atoms with van der Waals surface area (Å²) in [5.74, 6) is 2.79. The molecule has 2 atom stereocenters. The first-order valence-corrected chi connectivity index (χ1v) is 7.70. The summed E-state index contributed by atoms with van der Waals surface area (Å²) in [4.78, 5) is 8.95. The molecule has 0 spiro atoms. The predicted molar refractivity (Wildman–Crippen MR) is 88.6 cm³/mol. The van der Waals surface area contributed by atoms with E-state index < -0.39 is 0 Å². The summed E-state index contributed by atoms with van der Waals surface area (Å²) in [6, 6.07) is 8.75. The fourth-order valence-corrected chi connectivity index (χ4v) is 3.23. The molecule has 3 rings (SSSR count). The average Bonchev–Trinajstić information content (AvgIpc) is 2.89. The van der Waals surface area contributed by atoms with E-state index in [2.05, 4.69) is 71.3 Å². The van der Waals surface area contributed by atoms with Gasteiger partial charge in [-0.1, -0.05) is 25.1 Å². The molecule has 0 amide bonds. The van der Waals surface area contributed by atoms with Crippen LogP contribution in [0.25, 0.3) is 0 Å². The van der Waals surface area contributed by atoms with Crippen molar-refractivity contribution in [2.45, 2.75) is 32.4 Å². The van der Waals surface area contributed by atoms with E-state index in [0.29, 0.717) is 5.92 Å². The number of likely N-dealkylation sites (N-methyl/N-ethyl adjacent to an activating group) is 1. The maximum Gasteiger partial charge on any atom is 0.128 e. The molecule has 0 fully saturated rings. The van der Waals surface area contributed by atoms with Crippen LogP contribution >= 0.6 is 0 Å². The van der Waals surface area contributed by atoms with Crippen LogP contribution in [0.4, 0.5) is 5.69 Å². The van der Waals surface area contributed by atoms with Crippen LogP contribution in [-0.2, 0) is 0 Å². The minimum atomic E-state index is 0.247. The molecule has 4 heteroatoms. The topological polar surface area (TPSA) is 30.9 Å². The summed E-state index contributed by atoms with van der Waals surface area (Å²) >= 11 is 0. The number of fused-ring (bicyclic) bond motifs is 1. The standard InChI is InChI=1S/C17H24N4/c1-5-13-11-21(15-9-7-6-8-14(13)15)17-10-16(18-3)20(4)12(2)19-17/h6-10,12-13,19H,5,11H2,1-4H3. The van der Waals surface area contributed by atoms with Crippen molar-refractivity contribution in [2.24, 2.45) is 4.99 Å². The molecule has 1 aromatic rings. The minimum absolute atomic E-state index is 0.247. The maximum atomic E-state index is 4.40. The maximum absolute atomic E-state index is 4.40. The van der Waals surface area contributed by atoms with Crippen molar-refractivity contribution in [1.29, 1.82) is 0 Å². The molecule has 2 unspecified atom stereocenters. The first kappa shape index (κ1) is 14.0. The van der Waals surface area contributed by atoms with Crippen LogP contribution in [-0.4, -0.2) is 37.5 Å². The quantitative estimate of drug-likeness (QED) is 0.906. The van der Waals surface area contributed by atoms with Gasteiger partial charge >= 0.3 is 0 Å². The first-order valence-electron chi connectivity index (χ1n) is 7.70. The molecule has 21 heavy (non-hydrogen) atoms. The molecule has 4 nitrogen and oxygen atoms in total. The lowest BCUT2D eigenvalue weighted by molar-refractivity contribution is 0.338. The molecule has 1 aromatic carbocycles. The molecule has 0 saturated carbocycles. The van der Waals surface area contributed by atoms with Crippen molar-refractivity contribution in [2.75, 3.05) is 25.5 Å². The Hall–Kier alpha value is -1.97. The summed E-state index contributed by atoms with van der Waals surface area (Å²) in [6.07, 6.45) is 3.57. The molecule has 2 heterocycles. The Balaban J connectivity index is 1.99. The molecule has 2 aliphatic rings. The van der Waals surface area contributed by atoms with Gasteiger partial charge in [0, 0.05) is 38.3 Å². The molecule has 0 saturated heterocycles. The van der Waals surface area contributed by atoms with E-state index in [1.165, 1.54) is 17.7 Å². The van der Waals surface area contributed by atoms with Crippen LogP contribution in [0.15, 0.2) is 41.2 Å². The molecule has 0 radical (unpaired) electrons. The van der Waals surface area contributed by atoms with Crippen molar-refractivity contribution in [3.8, 4) is 0 Å². The summed E-state index contributed by atoms with van der Waals surface area (Å²) < 4.78 is 0. The van der Waals surface area contributed by atoms with Gasteiger partial charge in [-0.05, 0) is 25.0 Å². The van der Waals surface area contributed by atoms with Crippen molar-refractivity contribution in [3.05, 3.63) is 41.7 Å². The molecule has 2 aliphatic heterocycles. The van der Waals surface area contributed by atoms with E-state index in [1.54, 1.807) is 0 Å². The highest BCUT2D eigenvalue weighted by Gasteiger charge is 2.31. The normalized spacial score (nSPS) is 26.7. The zero-order valence-corrected chi connectivity index (χ0v) is 13.3. The zero-order chi connectivity index (χ0) is 15.0. The Labute approximate surface area is 127 Å². The van der Waals surface area contributed by atoms with Crippen molar-refractivity contribution in [3.63, 3.8) is 0 Å². The number of para-hydroxylation sites is 1. The summed E-state index contributed by atoms with van der Waals surface area (Å²) in [6.45, 7) is 5.47. The van der Waals surface area contributed by atoms with E-state index >= 15 is 0 Å². The van der Waals surface area contributed by atoms with E-state index in [4.69, 9.17) is 0 Å². The Morgan fingerprint density at radius 1 is 1.33 bits per heavy atom. The van der Waals surface area contributed by atoms with Crippen LogP contribution in [0.2, 0.25) is 0 Å². The highest BCUT2D eigenvalue weighted by molar-refractivity contribution is 5.95. The minimum Gasteiger partial charge on any atom is -0.352 e. The van der Waals surface area contributed by atoms with Crippen molar-refractivity contribution >= 4 is 11.5 Å². The molecule has 0 aromatic heterocycles. The van der Waals surface area contributed by atoms with E-state index in [0.717, 1.165) is 18.2 Å². The first-order chi connectivity index (χ1) is 10.2. The molecule has 112 valence electrons. The lowest BCUT2D eigenvalue weighted by Crippen LogP contribution is -2.51. The number of anilines is 1. The number of rotatable bonds is 2. The molecule has 0 aliphatic carbocycles. The Bertz CT molecular complexity index is 590. The van der Waals surface area contributed by atoms with E-state index in [9.17, 15) is 0 Å². The average molecular weight is 284 g/mol. The van der Waals surface area contributed by atoms with Crippen molar-refractivity contribution < 1.29 is 0 Å². The van der Waals surface area contributed by atoms with Crippen LogP contribution in [0.3, 0.4) is 0 Å². The smallest absolute Gasteiger partial charge is 0.128 e. The fraction of sp³-hybridized carbons (Fsp3) is 0.471. The highest BCUT2D eigenvalue weighted by atomic mass is 15.4. The van der Waals surface area contributed by atoms with E-state index in [1.807, 2.05) is 7.05 Å². The SMILES string of the molecule is CCC1CN(C2=CC(=NC)N(C)C(C)N2)c2ccccc21. The second-order valence-electron chi connectivity index (χ2n) is 5.82. The lowest BCUT2D eigenvalue weighted by Gasteiger charge is -2.37. The van der Waals surface area contributed by atoms with Gasteiger partial charge < -0.3 is 15.1 Å². The van der Waals surface area contributed by atoms with Gasteiger partial charge in [-0.2, -0.15) is 0 Å². The molecule has 1 N–H and O–H groups in total. The Morgan fingerprint density at radius 2 is 2.10 bits per heavy atom. The van der Waals surface area contributed by atoms with Gasteiger partial charge in [-0.15, -0.1) is 0 Å². The molecular formula is C17H24N4. The van der Waals surface area contributed by atoms with Crippen LogP contribution in [0, 0.1) is 0 Å². The van der Waals surface area contributed by atoms with E-state index in [-0.39, 0.29) is 6.17 Å². The second kappa shape index (κ2) is 5.43. The highest BCUT2D eigenvalue weighted by Crippen LogP contribution is 2.39. The Morgan fingerprint density at radius 3 is 2.81 bits per heavy atom. The zero-order valence-electron chi connectivity index (χ0n) is 13.3. The number of benzene rings is 1. The van der Waals surface area contributed by atoms with Crippen LogP contribution in [0.5, 0.6) is 0 Å². The summed E-state index contributed by atoms with van der Waals surface area (Å²) in [5, 5.41) is 3.59. The molecular weight excluding hydrogens is 260 g/mol. The fourth-order valence-electron chi connectivity index (χ4n) is 3.23. The van der Waals surface area contributed by atoms with Gasteiger partial charge in [0.25, 0.3) is 0 Å².